The minimum atomic E-state index is -0.325. The maximum absolute atomic E-state index is 11.7. The van der Waals surface area contributed by atoms with Crippen molar-refractivity contribution in [1.82, 2.24) is 0 Å². The third-order valence-electron chi connectivity index (χ3n) is 2.31. The summed E-state index contributed by atoms with van der Waals surface area (Å²) in [4.78, 5) is 22.9. The van der Waals surface area contributed by atoms with E-state index in [4.69, 9.17) is 0 Å². The maximum Gasteiger partial charge on any atom is 0.323 e. The molecule has 1 aromatic heterocycles. The first-order valence-electron chi connectivity index (χ1n) is 5.36. The normalized spacial score (nSPS) is 9.83. The van der Waals surface area contributed by atoms with E-state index in [1.54, 1.807) is 24.3 Å². The molecule has 2 aromatic rings. The molecular formula is C13H12N2O2S. The molecular weight excluding hydrogens is 248 g/mol. The molecule has 2 N–H and O–H groups in total. The highest BCUT2D eigenvalue weighted by Gasteiger charge is 2.05. The molecule has 2 amide bonds. The Bertz CT molecular complexity index is 564. The van der Waals surface area contributed by atoms with Crippen LogP contribution in [0.4, 0.5) is 16.2 Å². The Kier molecular flexibility index (Phi) is 3.74. The average Bonchev–Trinajstić information content (AvgIpc) is 2.82. The molecule has 2 rings (SSSR count). The molecule has 0 atom stereocenters. The second-order valence-electron chi connectivity index (χ2n) is 3.73. The van der Waals surface area contributed by atoms with Gasteiger partial charge in [0.1, 0.15) is 0 Å². The number of hydrogen-bond acceptors (Lipinski definition) is 3. The molecule has 0 aliphatic carbocycles. The standard InChI is InChI=1S/C13H12N2O2S/c1-9(16)10-3-2-4-11(7-10)14-13(17)15-12-5-6-18-8-12/h2-8H,1H3,(H2,14,15,17). The highest BCUT2D eigenvalue weighted by Crippen LogP contribution is 2.14. The van der Waals surface area contributed by atoms with Crippen LogP contribution in [0.5, 0.6) is 0 Å². The number of urea groups is 1. The van der Waals surface area contributed by atoms with Gasteiger partial charge in [0.05, 0.1) is 5.69 Å². The molecule has 92 valence electrons. The first kappa shape index (κ1) is 12.3. The minimum absolute atomic E-state index is 0.0307. The van der Waals surface area contributed by atoms with Crippen molar-refractivity contribution in [2.75, 3.05) is 10.6 Å². The zero-order valence-electron chi connectivity index (χ0n) is 9.77. The molecule has 0 spiro atoms. The first-order chi connectivity index (χ1) is 8.65. The monoisotopic (exact) mass is 260 g/mol. The fraction of sp³-hybridized carbons (Fsp3) is 0.0769. The Morgan fingerprint density at radius 2 is 1.89 bits per heavy atom. The van der Waals surface area contributed by atoms with Crippen LogP contribution < -0.4 is 10.6 Å². The molecule has 0 bridgehead atoms. The number of carbonyl (C=O) groups is 2. The van der Waals surface area contributed by atoms with E-state index in [2.05, 4.69) is 10.6 Å². The van der Waals surface area contributed by atoms with Crippen molar-refractivity contribution in [3.63, 3.8) is 0 Å². The summed E-state index contributed by atoms with van der Waals surface area (Å²) in [6.07, 6.45) is 0. The Labute approximate surface area is 109 Å². The molecule has 0 aliphatic rings. The van der Waals surface area contributed by atoms with Crippen LogP contribution >= 0.6 is 11.3 Å². The van der Waals surface area contributed by atoms with Gasteiger partial charge in [-0.1, -0.05) is 12.1 Å². The van der Waals surface area contributed by atoms with E-state index in [0.717, 1.165) is 5.69 Å². The predicted molar refractivity (Wildman–Crippen MR) is 73.4 cm³/mol. The number of Topliss-reactive ketones (excluding diaryl/α,β-unsaturated/α-hetero) is 1. The van der Waals surface area contributed by atoms with Crippen LogP contribution in [0.2, 0.25) is 0 Å². The average molecular weight is 260 g/mol. The van der Waals surface area contributed by atoms with Gasteiger partial charge < -0.3 is 10.6 Å². The van der Waals surface area contributed by atoms with E-state index in [0.29, 0.717) is 11.3 Å². The van der Waals surface area contributed by atoms with Crippen LogP contribution in [-0.4, -0.2) is 11.8 Å². The lowest BCUT2D eigenvalue weighted by Gasteiger charge is -2.07. The molecule has 1 aromatic carbocycles. The summed E-state index contributed by atoms with van der Waals surface area (Å²) in [6.45, 7) is 1.49. The van der Waals surface area contributed by atoms with E-state index in [1.807, 2.05) is 16.8 Å². The first-order valence-corrected chi connectivity index (χ1v) is 6.30. The summed E-state index contributed by atoms with van der Waals surface area (Å²) in [5, 5.41) is 9.09. The third kappa shape index (κ3) is 3.18. The number of hydrogen-bond donors (Lipinski definition) is 2. The number of amides is 2. The van der Waals surface area contributed by atoms with Gasteiger partial charge >= 0.3 is 6.03 Å². The van der Waals surface area contributed by atoms with Crippen LogP contribution in [0.15, 0.2) is 41.1 Å². The van der Waals surface area contributed by atoms with Crippen LogP contribution in [0, 0.1) is 0 Å². The van der Waals surface area contributed by atoms with Gasteiger partial charge in [0.25, 0.3) is 0 Å². The number of thiophene rings is 1. The van der Waals surface area contributed by atoms with Gasteiger partial charge in [-0.15, -0.1) is 0 Å². The summed E-state index contributed by atoms with van der Waals surface area (Å²) in [5.74, 6) is -0.0307. The van der Waals surface area contributed by atoms with Gasteiger partial charge in [-0.25, -0.2) is 4.79 Å². The van der Waals surface area contributed by atoms with Crippen molar-refractivity contribution >= 4 is 34.5 Å². The van der Waals surface area contributed by atoms with E-state index in [9.17, 15) is 9.59 Å². The number of carbonyl (C=O) groups excluding carboxylic acids is 2. The number of anilines is 2. The molecule has 0 fully saturated rings. The summed E-state index contributed by atoms with van der Waals surface area (Å²) >= 11 is 1.51. The lowest BCUT2D eigenvalue weighted by Crippen LogP contribution is -2.19. The number of benzene rings is 1. The fourth-order valence-corrected chi connectivity index (χ4v) is 2.03. The highest BCUT2D eigenvalue weighted by molar-refractivity contribution is 7.08. The molecule has 5 heteroatoms. The van der Waals surface area contributed by atoms with Gasteiger partial charge in [0, 0.05) is 16.6 Å². The Morgan fingerprint density at radius 1 is 1.11 bits per heavy atom. The number of ketones is 1. The highest BCUT2D eigenvalue weighted by atomic mass is 32.1. The molecule has 4 nitrogen and oxygen atoms in total. The largest absolute Gasteiger partial charge is 0.323 e. The van der Waals surface area contributed by atoms with Crippen molar-refractivity contribution in [3.8, 4) is 0 Å². The van der Waals surface area contributed by atoms with Crippen LogP contribution in [-0.2, 0) is 0 Å². The summed E-state index contributed by atoms with van der Waals surface area (Å²) in [6, 6.07) is 8.32. The maximum atomic E-state index is 11.7. The summed E-state index contributed by atoms with van der Waals surface area (Å²) in [5.41, 5.74) is 1.92. The van der Waals surface area contributed by atoms with Crippen molar-refractivity contribution in [3.05, 3.63) is 46.7 Å². The predicted octanol–water partition coefficient (Wildman–Crippen LogP) is 3.59. The van der Waals surface area contributed by atoms with Crippen molar-refractivity contribution in [2.24, 2.45) is 0 Å². The quantitative estimate of drug-likeness (QED) is 0.828. The summed E-state index contributed by atoms with van der Waals surface area (Å²) in [7, 11) is 0. The zero-order valence-corrected chi connectivity index (χ0v) is 10.6. The zero-order chi connectivity index (χ0) is 13.0. The van der Waals surface area contributed by atoms with E-state index in [-0.39, 0.29) is 11.8 Å². The van der Waals surface area contributed by atoms with Crippen molar-refractivity contribution < 1.29 is 9.59 Å². The van der Waals surface area contributed by atoms with Crippen LogP contribution in [0.1, 0.15) is 17.3 Å². The van der Waals surface area contributed by atoms with Crippen molar-refractivity contribution in [2.45, 2.75) is 6.92 Å². The smallest absolute Gasteiger partial charge is 0.308 e. The molecule has 0 saturated heterocycles. The molecule has 1 heterocycles. The Morgan fingerprint density at radius 3 is 2.56 bits per heavy atom. The lowest BCUT2D eigenvalue weighted by molar-refractivity contribution is 0.101. The van der Waals surface area contributed by atoms with E-state index >= 15 is 0 Å². The minimum Gasteiger partial charge on any atom is -0.308 e. The van der Waals surface area contributed by atoms with E-state index in [1.165, 1.54) is 18.3 Å². The SMILES string of the molecule is CC(=O)c1cccc(NC(=O)Nc2ccsc2)c1. The topological polar surface area (TPSA) is 58.2 Å². The van der Waals surface area contributed by atoms with Gasteiger partial charge in [-0.05, 0) is 30.5 Å². The fourth-order valence-electron chi connectivity index (χ4n) is 1.44. The molecule has 0 aliphatic heterocycles. The van der Waals surface area contributed by atoms with Gasteiger partial charge in [0.15, 0.2) is 5.78 Å². The molecule has 0 radical (unpaired) electrons. The van der Waals surface area contributed by atoms with Crippen LogP contribution in [0.3, 0.4) is 0 Å². The van der Waals surface area contributed by atoms with Crippen molar-refractivity contribution in [1.29, 1.82) is 0 Å². The number of rotatable bonds is 3. The van der Waals surface area contributed by atoms with Crippen LogP contribution in [0.25, 0.3) is 0 Å². The lowest BCUT2D eigenvalue weighted by atomic mass is 10.1. The number of nitrogens with one attached hydrogen (secondary N) is 2. The van der Waals surface area contributed by atoms with Gasteiger partial charge in [-0.3, -0.25) is 4.79 Å². The third-order valence-corrected chi connectivity index (χ3v) is 2.99. The molecule has 0 saturated carbocycles. The summed E-state index contributed by atoms with van der Waals surface area (Å²) < 4.78 is 0. The van der Waals surface area contributed by atoms with Gasteiger partial charge in [-0.2, -0.15) is 11.3 Å². The second-order valence-corrected chi connectivity index (χ2v) is 4.51. The second kappa shape index (κ2) is 5.46. The van der Waals surface area contributed by atoms with Gasteiger partial charge in [0.2, 0.25) is 0 Å². The Hall–Kier alpha value is -2.14. The molecule has 18 heavy (non-hydrogen) atoms. The van der Waals surface area contributed by atoms with E-state index < -0.39 is 0 Å². The Balaban J connectivity index is 2.03. The molecule has 0 unspecified atom stereocenters.